The van der Waals surface area contributed by atoms with Crippen molar-refractivity contribution in [1.29, 1.82) is 0 Å². The van der Waals surface area contributed by atoms with Gasteiger partial charge in [-0.05, 0) is 26.2 Å². The minimum atomic E-state index is -0.0663. The van der Waals surface area contributed by atoms with E-state index >= 15 is 0 Å². The molecule has 2 fully saturated rings. The predicted molar refractivity (Wildman–Crippen MR) is 79.3 cm³/mol. The van der Waals surface area contributed by atoms with Gasteiger partial charge in [0.05, 0.1) is 0 Å². The molecule has 1 heterocycles. The smallest absolute Gasteiger partial charge is 0.142 e. The summed E-state index contributed by atoms with van der Waals surface area (Å²) >= 11 is 0. The molecule has 1 saturated heterocycles. The van der Waals surface area contributed by atoms with E-state index in [9.17, 15) is 4.79 Å². The first-order valence-electron chi connectivity index (χ1n) is 7.94. The topological polar surface area (TPSA) is 23.6 Å². The lowest BCUT2D eigenvalue weighted by Crippen LogP contribution is -2.50. The Bertz CT molecular complexity index is 319. The molecule has 2 unspecified atom stereocenters. The van der Waals surface area contributed by atoms with Gasteiger partial charge in [0.25, 0.3) is 0 Å². The third-order valence-corrected chi connectivity index (χ3v) is 5.26. The molecule has 2 atom stereocenters. The quantitative estimate of drug-likeness (QED) is 0.781. The van der Waals surface area contributed by atoms with Crippen molar-refractivity contribution < 1.29 is 4.79 Å². The molecule has 3 nitrogen and oxygen atoms in total. The summed E-state index contributed by atoms with van der Waals surface area (Å²) in [5, 5.41) is 0. The molecule has 1 aliphatic heterocycles. The number of hydrogen-bond acceptors (Lipinski definition) is 3. The van der Waals surface area contributed by atoms with Crippen LogP contribution < -0.4 is 0 Å². The maximum atomic E-state index is 12.3. The molecule has 0 aromatic carbocycles. The normalized spacial score (nSPS) is 30.7. The van der Waals surface area contributed by atoms with Crippen LogP contribution in [0.5, 0.6) is 0 Å². The van der Waals surface area contributed by atoms with E-state index in [1.807, 2.05) is 0 Å². The molecule has 0 radical (unpaired) electrons. The first-order chi connectivity index (χ1) is 8.94. The van der Waals surface area contributed by atoms with E-state index in [1.54, 1.807) is 0 Å². The number of nitrogens with zero attached hydrogens (tertiary/aromatic N) is 2. The summed E-state index contributed by atoms with van der Waals surface area (Å²) in [6.45, 7) is 14.4. The van der Waals surface area contributed by atoms with Gasteiger partial charge in [-0.2, -0.15) is 0 Å². The second kappa shape index (κ2) is 5.92. The molecule has 0 bridgehead atoms. The molecule has 0 spiro atoms. The summed E-state index contributed by atoms with van der Waals surface area (Å²) in [7, 11) is 0. The van der Waals surface area contributed by atoms with Gasteiger partial charge in [-0.15, -0.1) is 0 Å². The Kier molecular flexibility index (Phi) is 4.67. The minimum Gasteiger partial charge on any atom is -0.300 e. The highest BCUT2D eigenvalue weighted by atomic mass is 16.1. The molecular formula is C16H30N2O. The van der Waals surface area contributed by atoms with Crippen LogP contribution in [0.3, 0.4) is 0 Å². The summed E-state index contributed by atoms with van der Waals surface area (Å²) in [6, 6.07) is 0.703. The SMILES string of the molecule is CCC(C)N1CCN(CC2CCC(C)(C)C2=O)CC1. The second-order valence-corrected chi connectivity index (χ2v) is 7.08. The maximum Gasteiger partial charge on any atom is 0.142 e. The molecule has 3 heteroatoms. The first kappa shape index (κ1) is 15.0. The number of rotatable bonds is 4. The van der Waals surface area contributed by atoms with Crippen molar-refractivity contribution in [1.82, 2.24) is 9.80 Å². The maximum absolute atomic E-state index is 12.3. The van der Waals surface area contributed by atoms with Crippen LogP contribution >= 0.6 is 0 Å². The zero-order valence-corrected chi connectivity index (χ0v) is 13.1. The van der Waals surface area contributed by atoms with E-state index in [0.717, 1.165) is 32.5 Å². The standard InChI is InChI=1S/C16H30N2O/c1-5-13(2)18-10-8-17(9-11-18)12-14-6-7-16(3,4)15(14)19/h13-14H,5-12H2,1-4H3. The third kappa shape index (κ3) is 3.38. The second-order valence-electron chi connectivity index (χ2n) is 7.08. The van der Waals surface area contributed by atoms with Gasteiger partial charge in [-0.3, -0.25) is 9.69 Å². The average Bonchev–Trinajstić information content (AvgIpc) is 2.66. The zero-order valence-electron chi connectivity index (χ0n) is 13.1. The van der Waals surface area contributed by atoms with E-state index in [-0.39, 0.29) is 5.41 Å². The largest absolute Gasteiger partial charge is 0.300 e. The fourth-order valence-electron chi connectivity index (χ4n) is 3.47. The van der Waals surface area contributed by atoms with Gasteiger partial charge in [0, 0.05) is 50.1 Å². The average molecular weight is 266 g/mol. The molecule has 0 aromatic rings. The van der Waals surface area contributed by atoms with Crippen LogP contribution in [0.4, 0.5) is 0 Å². The number of piperazine rings is 1. The molecule has 1 aliphatic carbocycles. The van der Waals surface area contributed by atoms with Crippen molar-refractivity contribution in [3.63, 3.8) is 0 Å². The van der Waals surface area contributed by atoms with Crippen molar-refractivity contribution in [3.8, 4) is 0 Å². The van der Waals surface area contributed by atoms with Crippen LogP contribution in [-0.4, -0.2) is 54.3 Å². The summed E-state index contributed by atoms with van der Waals surface area (Å²) in [6.07, 6.45) is 3.40. The summed E-state index contributed by atoms with van der Waals surface area (Å²) in [5.74, 6) is 0.794. The Morgan fingerprint density at radius 1 is 1.26 bits per heavy atom. The van der Waals surface area contributed by atoms with Crippen LogP contribution in [0.1, 0.15) is 47.0 Å². The predicted octanol–water partition coefficient (Wildman–Crippen LogP) is 2.41. The van der Waals surface area contributed by atoms with Crippen molar-refractivity contribution in [2.75, 3.05) is 32.7 Å². The van der Waals surface area contributed by atoms with Crippen LogP contribution in [0.2, 0.25) is 0 Å². The van der Waals surface area contributed by atoms with E-state index in [4.69, 9.17) is 0 Å². The van der Waals surface area contributed by atoms with Gasteiger partial charge < -0.3 is 4.90 Å². The van der Waals surface area contributed by atoms with Gasteiger partial charge in [0.15, 0.2) is 0 Å². The van der Waals surface area contributed by atoms with Gasteiger partial charge >= 0.3 is 0 Å². The fraction of sp³-hybridized carbons (Fsp3) is 0.938. The highest BCUT2D eigenvalue weighted by molar-refractivity contribution is 5.88. The van der Waals surface area contributed by atoms with Crippen LogP contribution in [0, 0.1) is 11.3 Å². The highest BCUT2D eigenvalue weighted by Gasteiger charge is 2.41. The van der Waals surface area contributed by atoms with Gasteiger partial charge in [0.2, 0.25) is 0 Å². The molecular weight excluding hydrogens is 236 g/mol. The van der Waals surface area contributed by atoms with Crippen molar-refractivity contribution in [2.24, 2.45) is 11.3 Å². The van der Waals surface area contributed by atoms with E-state index in [1.165, 1.54) is 19.5 Å². The molecule has 0 N–H and O–H groups in total. The van der Waals surface area contributed by atoms with Crippen LogP contribution in [0.15, 0.2) is 0 Å². The minimum absolute atomic E-state index is 0.0663. The lowest BCUT2D eigenvalue weighted by molar-refractivity contribution is -0.128. The summed E-state index contributed by atoms with van der Waals surface area (Å²) in [5.41, 5.74) is -0.0663. The summed E-state index contributed by atoms with van der Waals surface area (Å²) in [4.78, 5) is 17.4. The Morgan fingerprint density at radius 3 is 2.37 bits per heavy atom. The monoisotopic (exact) mass is 266 g/mol. The third-order valence-electron chi connectivity index (χ3n) is 5.26. The molecule has 19 heavy (non-hydrogen) atoms. The molecule has 110 valence electrons. The number of hydrogen-bond donors (Lipinski definition) is 0. The van der Waals surface area contributed by atoms with E-state index < -0.39 is 0 Å². The Hall–Kier alpha value is -0.410. The number of Topliss-reactive ketones (excluding diaryl/α,β-unsaturated/α-hetero) is 1. The molecule has 0 aromatic heterocycles. The first-order valence-corrected chi connectivity index (χ1v) is 7.94. The fourth-order valence-corrected chi connectivity index (χ4v) is 3.47. The number of carbonyl (C=O) groups is 1. The van der Waals surface area contributed by atoms with Gasteiger partial charge in [-0.25, -0.2) is 0 Å². The Balaban J connectivity index is 1.79. The van der Waals surface area contributed by atoms with Crippen LogP contribution in [-0.2, 0) is 4.79 Å². The Morgan fingerprint density at radius 2 is 1.89 bits per heavy atom. The van der Waals surface area contributed by atoms with Gasteiger partial charge in [0.1, 0.15) is 5.78 Å². The molecule has 2 aliphatic rings. The van der Waals surface area contributed by atoms with E-state index in [0.29, 0.717) is 17.7 Å². The lowest BCUT2D eigenvalue weighted by Gasteiger charge is -2.38. The van der Waals surface area contributed by atoms with Crippen molar-refractivity contribution >= 4 is 5.78 Å². The molecule has 1 saturated carbocycles. The van der Waals surface area contributed by atoms with E-state index in [2.05, 4.69) is 37.5 Å². The zero-order chi connectivity index (χ0) is 14.0. The molecule has 2 rings (SSSR count). The van der Waals surface area contributed by atoms with Crippen molar-refractivity contribution in [3.05, 3.63) is 0 Å². The van der Waals surface area contributed by atoms with Crippen molar-refractivity contribution in [2.45, 2.75) is 53.0 Å². The number of ketones is 1. The van der Waals surface area contributed by atoms with Gasteiger partial charge in [-0.1, -0.05) is 20.8 Å². The molecule has 0 amide bonds. The van der Waals surface area contributed by atoms with Crippen LogP contribution in [0.25, 0.3) is 0 Å². The summed E-state index contributed by atoms with van der Waals surface area (Å²) < 4.78 is 0. The highest BCUT2D eigenvalue weighted by Crippen LogP contribution is 2.37. The Labute approximate surface area is 118 Å². The lowest BCUT2D eigenvalue weighted by atomic mass is 9.89. The number of carbonyl (C=O) groups excluding carboxylic acids is 1.